The minimum atomic E-state index is 0.185. The van der Waals surface area contributed by atoms with E-state index in [9.17, 15) is 0 Å². The van der Waals surface area contributed by atoms with Crippen LogP contribution >= 0.6 is 23.2 Å². The molecule has 6 nitrogen and oxygen atoms in total. The van der Waals surface area contributed by atoms with E-state index in [2.05, 4.69) is 25.3 Å². The van der Waals surface area contributed by atoms with Gasteiger partial charge in [0.1, 0.15) is 6.61 Å². The molecule has 22 heavy (non-hydrogen) atoms. The van der Waals surface area contributed by atoms with Gasteiger partial charge in [0.15, 0.2) is 5.82 Å². The smallest absolute Gasteiger partial charge is 0.258 e. The van der Waals surface area contributed by atoms with Gasteiger partial charge < -0.3 is 15.0 Å². The van der Waals surface area contributed by atoms with Gasteiger partial charge in [-0.2, -0.15) is 0 Å². The molecule has 0 aliphatic rings. The number of aromatic nitrogens is 4. The molecule has 0 amide bonds. The fraction of sp³-hybridized carbons (Fsp3) is 0.0714. The van der Waals surface area contributed by atoms with Gasteiger partial charge in [0.2, 0.25) is 5.95 Å². The summed E-state index contributed by atoms with van der Waals surface area (Å²) in [6.45, 7) is 0.185. The summed E-state index contributed by atoms with van der Waals surface area (Å²) in [6.07, 6.45) is 6.42. The van der Waals surface area contributed by atoms with E-state index >= 15 is 0 Å². The van der Waals surface area contributed by atoms with Gasteiger partial charge in [-0.15, -0.1) is 0 Å². The summed E-state index contributed by atoms with van der Waals surface area (Å²) in [5.41, 5.74) is 0.695. The number of H-pyrrole nitrogens is 1. The number of hydrogen-bond donors (Lipinski definition) is 2. The van der Waals surface area contributed by atoms with Crippen LogP contribution in [0.5, 0.6) is 5.88 Å². The zero-order chi connectivity index (χ0) is 15.4. The fourth-order valence-electron chi connectivity index (χ4n) is 1.77. The highest BCUT2D eigenvalue weighted by Gasteiger charge is 2.11. The summed E-state index contributed by atoms with van der Waals surface area (Å²) in [5.74, 6) is 1.32. The van der Waals surface area contributed by atoms with Crippen LogP contribution in [0.2, 0.25) is 10.0 Å². The van der Waals surface area contributed by atoms with Crippen molar-refractivity contribution in [2.45, 2.75) is 6.61 Å². The van der Waals surface area contributed by atoms with Crippen LogP contribution in [-0.4, -0.2) is 19.9 Å². The molecular formula is C14H11Cl2N5O. The number of aromatic amines is 1. The highest BCUT2D eigenvalue weighted by molar-refractivity contribution is 6.35. The number of rotatable bonds is 5. The Labute approximate surface area is 136 Å². The molecular weight excluding hydrogens is 325 g/mol. The molecule has 0 spiro atoms. The molecule has 3 aromatic rings. The summed E-state index contributed by atoms with van der Waals surface area (Å²) >= 11 is 12.2. The lowest BCUT2D eigenvalue weighted by Crippen LogP contribution is -2.04. The summed E-state index contributed by atoms with van der Waals surface area (Å²) in [6, 6.07) is 5.29. The summed E-state index contributed by atoms with van der Waals surface area (Å²) in [4.78, 5) is 15.3. The van der Waals surface area contributed by atoms with Crippen LogP contribution in [0.3, 0.4) is 0 Å². The van der Waals surface area contributed by atoms with Crippen molar-refractivity contribution >= 4 is 35.0 Å². The second-order valence-electron chi connectivity index (χ2n) is 4.26. The van der Waals surface area contributed by atoms with Gasteiger partial charge in [0.05, 0.1) is 0 Å². The lowest BCUT2D eigenvalue weighted by atomic mass is 10.2. The van der Waals surface area contributed by atoms with Crippen LogP contribution in [-0.2, 0) is 6.61 Å². The van der Waals surface area contributed by atoms with Gasteiger partial charge in [-0.1, -0.05) is 29.3 Å². The van der Waals surface area contributed by atoms with E-state index in [1.54, 1.807) is 36.8 Å². The van der Waals surface area contributed by atoms with Crippen molar-refractivity contribution in [2.75, 3.05) is 5.32 Å². The Morgan fingerprint density at radius 2 is 1.82 bits per heavy atom. The minimum absolute atomic E-state index is 0.185. The SMILES string of the molecule is Clc1cccc(Cl)c1COc1nccnc1Nc1ncc[nH]1. The highest BCUT2D eigenvalue weighted by Crippen LogP contribution is 2.27. The van der Waals surface area contributed by atoms with Crippen LogP contribution in [0.15, 0.2) is 43.0 Å². The number of benzene rings is 1. The van der Waals surface area contributed by atoms with Crippen LogP contribution in [0.4, 0.5) is 11.8 Å². The Kier molecular flexibility index (Phi) is 4.41. The Morgan fingerprint density at radius 1 is 1.05 bits per heavy atom. The highest BCUT2D eigenvalue weighted by atomic mass is 35.5. The summed E-state index contributed by atoms with van der Waals surface area (Å²) < 4.78 is 5.69. The quantitative estimate of drug-likeness (QED) is 0.741. The average Bonchev–Trinajstić information content (AvgIpc) is 3.01. The predicted molar refractivity (Wildman–Crippen MR) is 84.7 cm³/mol. The first-order valence-corrected chi connectivity index (χ1v) is 7.13. The second kappa shape index (κ2) is 6.64. The van der Waals surface area contributed by atoms with Crippen molar-refractivity contribution in [1.82, 2.24) is 19.9 Å². The molecule has 0 bridgehead atoms. The first-order valence-electron chi connectivity index (χ1n) is 6.37. The van der Waals surface area contributed by atoms with E-state index in [-0.39, 0.29) is 6.61 Å². The van der Waals surface area contributed by atoms with Crippen molar-refractivity contribution in [3.63, 3.8) is 0 Å². The molecule has 0 aliphatic carbocycles. The van der Waals surface area contributed by atoms with E-state index in [1.807, 2.05) is 0 Å². The standard InChI is InChI=1S/C14H11Cl2N5O/c15-10-2-1-3-11(16)9(10)8-22-13-12(17-4-5-18-13)21-14-19-6-7-20-14/h1-7H,8H2,(H2,17,19,20,21). The van der Waals surface area contributed by atoms with Gasteiger partial charge in [0.25, 0.3) is 5.88 Å². The van der Waals surface area contributed by atoms with Crippen LogP contribution in [0, 0.1) is 0 Å². The zero-order valence-electron chi connectivity index (χ0n) is 11.3. The normalized spacial score (nSPS) is 10.5. The zero-order valence-corrected chi connectivity index (χ0v) is 12.8. The van der Waals surface area contributed by atoms with Crippen molar-refractivity contribution < 1.29 is 4.74 Å². The molecule has 0 fully saturated rings. The molecule has 0 atom stereocenters. The van der Waals surface area contributed by atoms with Crippen LogP contribution < -0.4 is 10.1 Å². The molecule has 2 aromatic heterocycles. The van der Waals surface area contributed by atoms with E-state index in [4.69, 9.17) is 27.9 Å². The molecule has 0 saturated heterocycles. The third-order valence-corrected chi connectivity index (χ3v) is 3.52. The van der Waals surface area contributed by atoms with Crippen molar-refractivity contribution in [3.8, 4) is 5.88 Å². The first kappa shape index (κ1) is 14.6. The summed E-state index contributed by atoms with van der Waals surface area (Å²) in [5, 5.41) is 4.06. The number of nitrogens with zero attached hydrogens (tertiary/aromatic N) is 3. The third kappa shape index (κ3) is 3.29. The topological polar surface area (TPSA) is 75.7 Å². The molecule has 0 saturated carbocycles. The number of nitrogens with one attached hydrogen (secondary N) is 2. The first-order chi connectivity index (χ1) is 10.7. The molecule has 1 aromatic carbocycles. The van der Waals surface area contributed by atoms with Crippen LogP contribution in [0.25, 0.3) is 0 Å². The molecule has 8 heteroatoms. The number of halogens is 2. The number of ether oxygens (including phenoxy) is 1. The summed E-state index contributed by atoms with van der Waals surface area (Å²) in [7, 11) is 0. The molecule has 0 radical (unpaired) electrons. The Morgan fingerprint density at radius 3 is 2.55 bits per heavy atom. The Bertz CT molecular complexity index is 743. The maximum absolute atomic E-state index is 6.12. The van der Waals surface area contributed by atoms with Crippen molar-refractivity contribution in [3.05, 3.63) is 58.6 Å². The number of hydrogen-bond acceptors (Lipinski definition) is 5. The predicted octanol–water partition coefficient (Wildman–Crippen LogP) is 3.83. The van der Waals surface area contributed by atoms with Gasteiger partial charge in [-0.25, -0.2) is 15.0 Å². The molecule has 2 N–H and O–H groups in total. The van der Waals surface area contributed by atoms with E-state index in [0.717, 1.165) is 0 Å². The van der Waals surface area contributed by atoms with Crippen molar-refractivity contribution in [2.24, 2.45) is 0 Å². The largest absolute Gasteiger partial charge is 0.470 e. The fourth-order valence-corrected chi connectivity index (χ4v) is 2.28. The molecule has 0 aliphatic heterocycles. The lowest BCUT2D eigenvalue weighted by Gasteiger charge is -2.11. The monoisotopic (exact) mass is 335 g/mol. The van der Waals surface area contributed by atoms with Gasteiger partial charge >= 0.3 is 0 Å². The molecule has 0 unspecified atom stereocenters. The maximum atomic E-state index is 6.12. The minimum Gasteiger partial charge on any atom is -0.470 e. The number of anilines is 2. The Hall–Kier alpha value is -2.31. The maximum Gasteiger partial charge on any atom is 0.258 e. The second-order valence-corrected chi connectivity index (χ2v) is 5.08. The average molecular weight is 336 g/mol. The Balaban J connectivity index is 1.78. The van der Waals surface area contributed by atoms with Crippen molar-refractivity contribution in [1.29, 1.82) is 0 Å². The number of imidazole rings is 1. The molecule has 3 rings (SSSR count). The van der Waals surface area contributed by atoms with E-state index < -0.39 is 0 Å². The van der Waals surface area contributed by atoms with Crippen LogP contribution in [0.1, 0.15) is 5.56 Å². The lowest BCUT2D eigenvalue weighted by molar-refractivity contribution is 0.294. The van der Waals surface area contributed by atoms with E-state index in [0.29, 0.717) is 33.3 Å². The van der Waals surface area contributed by atoms with E-state index in [1.165, 1.54) is 6.20 Å². The molecule has 2 heterocycles. The van der Waals surface area contributed by atoms with Gasteiger partial charge in [-0.3, -0.25) is 0 Å². The molecule has 112 valence electrons. The van der Waals surface area contributed by atoms with Gasteiger partial charge in [0, 0.05) is 40.4 Å². The van der Waals surface area contributed by atoms with Gasteiger partial charge in [-0.05, 0) is 12.1 Å². The third-order valence-electron chi connectivity index (χ3n) is 2.81.